The van der Waals surface area contributed by atoms with Crippen molar-refractivity contribution in [1.29, 1.82) is 0 Å². The molecule has 0 unspecified atom stereocenters. The number of halogens is 3. The van der Waals surface area contributed by atoms with Gasteiger partial charge in [0.2, 0.25) is 0 Å². The second kappa shape index (κ2) is 7.44. The minimum absolute atomic E-state index is 0.000248. The van der Waals surface area contributed by atoms with Gasteiger partial charge in [-0.05, 0) is 42.0 Å². The molecule has 1 aromatic heterocycles. The summed E-state index contributed by atoms with van der Waals surface area (Å²) in [5, 5.41) is 0.346. The molecule has 7 heteroatoms. The standard InChI is InChI=1S/C21H13F3N2OS/c22-15-7-9-18-19(11-15)28-21(25-18)26(12-13-4-2-1-3-5-13)20(27)14-6-8-16(23)17(24)10-14/h1-11H,12H2. The van der Waals surface area contributed by atoms with Gasteiger partial charge in [-0.15, -0.1) is 0 Å². The first-order valence-electron chi connectivity index (χ1n) is 8.38. The van der Waals surface area contributed by atoms with Gasteiger partial charge in [0.05, 0.1) is 16.8 Å². The Balaban J connectivity index is 1.78. The monoisotopic (exact) mass is 398 g/mol. The van der Waals surface area contributed by atoms with Crippen molar-refractivity contribution >= 4 is 32.6 Å². The Bertz CT molecular complexity index is 1160. The van der Waals surface area contributed by atoms with Gasteiger partial charge in [0, 0.05) is 5.56 Å². The molecule has 0 spiro atoms. The van der Waals surface area contributed by atoms with E-state index in [1.165, 1.54) is 29.2 Å². The van der Waals surface area contributed by atoms with Crippen LogP contribution in [0.4, 0.5) is 18.3 Å². The van der Waals surface area contributed by atoms with E-state index in [2.05, 4.69) is 4.98 Å². The summed E-state index contributed by atoms with van der Waals surface area (Å²) in [7, 11) is 0. The number of hydrogen-bond donors (Lipinski definition) is 0. The summed E-state index contributed by atoms with van der Waals surface area (Å²) in [5.41, 5.74) is 1.39. The molecule has 0 N–H and O–H groups in total. The summed E-state index contributed by atoms with van der Waals surface area (Å²) >= 11 is 1.16. The number of benzene rings is 3. The number of carbonyl (C=O) groups is 1. The second-order valence-electron chi connectivity index (χ2n) is 6.11. The van der Waals surface area contributed by atoms with Crippen LogP contribution in [0.1, 0.15) is 15.9 Å². The minimum Gasteiger partial charge on any atom is -0.279 e. The molecular formula is C21H13F3N2OS. The van der Waals surface area contributed by atoms with Crippen molar-refractivity contribution in [3.63, 3.8) is 0 Å². The molecule has 140 valence electrons. The fourth-order valence-corrected chi connectivity index (χ4v) is 3.77. The molecule has 4 aromatic rings. The topological polar surface area (TPSA) is 33.2 Å². The molecule has 0 saturated carbocycles. The molecular weight excluding hydrogens is 385 g/mol. The summed E-state index contributed by atoms with van der Waals surface area (Å²) in [6.45, 7) is 0.182. The number of nitrogens with zero attached hydrogens (tertiary/aromatic N) is 2. The highest BCUT2D eigenvalue weighted by Gasteiger charge is 2.23. The van der Waals surface area contributed by atoms with Gasteiger partial charge in [0.25, 0.3) is 5.91 Å². The zero-order valence-corrected chi connectivity index (χ0v) is 15.2. The fraction of sp³-hybridized carbons (Fsp3) is 0.0476. The number of thiazole rings is 1. The second-order valence-corrected chi connectivity index (χ2v) is 7.12. The predicted octanol–water partition coefficient (Wildman–Crippen LogP) is 5.56. The van der Waals surface area contributed by atoms with Crippen LogP contribution in [0, 0.1) is 17.5 Å². The van der Waals surface area contributed by atoms with Gasteiger partial charge in [-0.1, -0.05) is 41.7 Å². The molecule has 0 fully saturated rings. The molecule has 0 radical (unpaired) electrons. The van der Waals surface area contributed by atoms with Crippen LogP contribution >= 0.6 is 11.3 Å². The first-order valence-corrected chi connectivity index (χ1v) is 9.20. The van der Waals surface area contributed by atoms with Crippen LogP contribution in [0.3, 0.4) is 0 Å². The molecule has 1 amide bonds. The minimum atomic E-state index is -1.10. The van der Waals surface area contributed by atoms with E-state index in [4.69, 9.17) is 0 Å². The maximum Gasteiger partial charge on any atom is 0.260 e. The Hall–Kier alpha value is -3.19. The van der Waals surface area contributed by atoms with E-state index in [9.17, 15) is 18.0 Å². The van der Waals surface area contributed by atoms with Crippen molar-refractivity contribution in [3.8, 4) is 0 Å². The van der Waals surface area contributed by atoms with E-state index >= 15 is 0 Å². The van der Waals surface area contributed by atoms with Crippen molar-refractivity contribution in [3.05, 3.63) is 95.3 Å². The molecule has 3 nitrogen and oxygen atoms in total. The van der Waals surface area contributed by atoms with Crippen molar-refractivity contribution in [2.45, 2.75) is 6.54 Å². The van der Waals surface area contributed by atoms with Gasteiger partial charge >= 0.3 is 0 Å². The molecule has 3 aromatic carbocycles. The average molecular weight is 398 g/mol. The molecule has 1 heterocycles. The van der Waals surface area contributed by atoms with Crippen LogP contribution < -0.4 is 4.90 Å². The third-order valence-electron chi connectivity index (χ3n) is 4.17. The lowest BCUT2D eigenvalue weighted by Crippen LogP contribution is -2.30. The van der Waals surface area contributed by atoms with Crippen LogP contribution in [-0.2, 0) is 6.54 Å². The van der Waals surface area contributed by atoms with E-state index in [1.807, 2.05) is 30.3 Å². The number of fused-ring (bicyclic) bond motifs is 1. The van der Waals surface area contributed by atoms with Gasteiger partial charge in [0.15, 0.2) is 16.8 Å². The van der Waals surface area contributed by atoms with E-state index in [1.54, 1.807) is 0 Å². The summed E-state index contributed by atoms with van der Waals surface area (Å²) in [4.78, 5) is 18.9. The van der Waals surface area contributed by atoms with E-state index < -0.39 is 23.4 Å². The molecule has 0 atom stereocenters. The van der Waals surface area contributed by atoms with Crippen LogP contribution in [-0.4, -0.2) is 10.9 Å². The smallest absolute Gasteiger partial charge is 0.260 e. The van der Waals surface area contributed by atoms with Crippen molar-refractivity contribution < 1.29 is 18.0 Å². The maximum absolute atomic E-state index is 13.6. The number of hydrogen-bond acceptors (Lipinski definition) is 3. The summed E-state index contributed by atoms with van der Waals surface area (Å²) in [6.07, 6.45) is 0. The molecule has 28 heavy (non-hydrogen) atoms. The normalized spacial score (nSPS) is 11.0. The van der Waals surface area contributed by atoms with Gasteiger partial charge in [-0.25, -0.2) is 18.2 Å². The predicted molar refractivity (Wildman–Crippen MR) is 103 cm³/mol. The van der Waals surface area contributed by atoms with E-state index in [0.29, 0.717) is 15.3 Å². The number of amides is 1. The largest absolute Gasteiger partial charge is 0.279 e. The van der Waals surface area contributed by atoms with Gasteiger partial charge in [0.1, 0.15) is 5.82 Å². The Kier molecular flexibility index (Phi) is 4.83. The number of rotatable bonds is 4. The van der Waals surface area contributed by atoms with Gasteiger partial charge in [-0.2, -0.15) is 0 Å². The lowest BCUT2D eigenvalue weighted by atomic mass is 10.1. The molecule has 0 aliphatic heterocycles. The highest BCUT2D eigenvalue weighted by Crippen LogP contribution is 2.31. The molecule has 0 aliphatic rings. The summed E-state index contributed by atoms with van der Waals surface area (Å²) < 4.78 is 41.0. The number of anilines is 1. The van der Waals surface area contributed by atoms with Crippen LogP contribution in [0.2, 0.25) is 0 Å². The summed E-state index contributed by atoms with van der Waals surface area (Å²) in [5.74, 6) is -3.05. The Morgan fingerprint density at radius 3 is 2.46 bits per heavy atom. The Labute approximate surface area is 162 Å². The molecule has 0 aliphatic carbocycles. The van der Waals surface area contributed by atoms with Gasteiger partial charge in [-0.3, -0.25) is 9.69 Å². The van der Waals surface area contributed by atoms with Crippen LogP contribution in [0.25, 0.3) is 10.2 Å². The zero-order valence-electron chi connectivity index (χ0n) is 14.4. The highest BCUT2D eigenvalue weighted by atomic mass is 32.1. The van der Waals surface area contributed by atoms with Crippen molar-refractivity contribution in [2.75, 3.05) is 4.90 Å². The lowest BCUT2D eigenvalue weighted by molar-refractivity contribution is 0.0984. The molecule has 4 rings (SSSR count). The highest BCUT2D eigenvalue weighted by molar-refractivity contribution is 7.22. The average Bonchev–Trinajstić information content (AvgIpc) is 3.11. The quantitative estimate of drug-likeness (QED) is 0.451. The number of aromatic nitrogens is 1. The SMILES string of the molecule is O=C(c1ccc(F)c(F)c1)N(Cc1ccccc1)c1nc2ccc(F)cc2s1. The van der Waals surface area contributed by atoms with Gasteiger partial charge < -0.3 is 0 Å². The zero-order chi connectivity index (χ0) is 19.7. The summed E-state index contributed by atoms with van der Waals surface area (Å²) in [6, 6.07) is 16.4. The number of carbonyl (C=O) groups excluding carboxylic acids is 1. The van der Waals surface area contributed by atoms with Crippen LogP contribution in [0.5, 0.6) is 0 Å². The van der Waals surface area contributed by atoms with E-state index in [-0.39, 0.29) is 12.1 Å². The van der Waals surface area contributed by atoms with Crippen LogP contribution in [0.15, 0.2) is 66.7 Å². The maximum atomic E-state index is 13.6. The third kappa shape index (κ3) is 3.61. The molecule has 0 bridgehead atoms. The van der Waals surface area contributed by atoms with Crippen molar-refractivity contribution in [1.82, 2.24) is 4.98 Å². The molecule has 0 saturated heterocycles. The lowest BCUT2D eigenvalue weighted by Gasteiger charge is -2.20. The Morgan fingerprint density at radius 2 is 1.71 bits per heavy atom. The third-order valence-corrected chi connectivity index (χ3v) is 5.21. The van der Waals surface area contributed by atoms with Crippen molar-refractivity contribution in [2.24, 2.45) is 0 Å². The first kappa shape index (κ1) is 18.2. The fourth-order valence-electron chi connectivity index (χ4n) is 2.78. The first-order chi connectivity index (χ1) is 13.5. The van der Waals surface area contributed by atoms with E-state index in [0.717, 1.165) is 29.0 Å². The Morgan fingerprint density at radius 1 is 0.929 bits per heavy atom.